The van der Waals surface area contributed by atoms with Gasteiger partial charge < -0.3 is 0 Å². The van der Waals surface area contributed by atoms with E-state index < -0.39 is 0 Å². The van der Waals surface area contributed by atoms with Crippen LogP contribution in [0.1, 0.15) is 25.7 Å². The van der Waals surface area contributed by atoms with E-state index >= 15 is 0 Å². The Labute approximate surface area is 73.1 Å². The zero-order chi connectivity index (χ0) is 8.39. The van der Waals surface area contributed by atoms with E-state index in [9.17, 15) is 4.79 Å². The van der Waals surface area contributed by atoms with Gasteiger partial charge in [0, 0.05) is 25.7 Å². The van der Waals surface area contributed by atoms with Crippen LogP contribution in [-0.2, 0) is 4.79 Å². The Hall–Kier alpha value is -0.410. The Kier molecular flexibility index (Phi) is 2.42. The molecule has 1 heterocycles. The highest BCUT2D eigenvalue weighted by Crippen LogP contribution is 2.24. The third kappa shape index (κ3) is 1.67. The van der Waals surface area contributed by atoms with Crippen molar-refractivity contribution in [1.29, 1.82) is 0 Å². The summed E-state index contributed by atoms with van der Waals surface area (Å²) in [5, 5.41) is 3.17. The summed E-state index contributed by atoms with van der Waals surface area (Å²) in [6, 6.07) is 0.767. The van der Waals surface area contributed by atoms with Crippen molar-refractivity contribution in [2.75, 3.05) is 19.8 Å². The number of nitrogens with zero attached hydrogens (tertiary/aromatic N) is 1. The molecule has 1 N–H and O–H groups in total. The van der Waals surface area contributed by atoms with Crippen LogP contribution in [0.25, 0.3) is 0 Å². The van der Waals surface area contributed by atoms with Crippen molar-refractivity contribution < 1.29 is 4.79 Å². The van der Waals surface area contributed by atoms with Crippen molar-refractivity contribution >= 4 is 5.78 Å². The Morgan fingerprint density at radius 1 is 1.42 bits per heavy atom. The van der Waals surface area contributed by atoms with Crippen molar-refractivity contribution in [3.05, 3.63) is 0 Å². The van der Waals surface area contributed by atoms with E-state index in [0.717, 1.165) is 25.7 Å². The summed E-state index contributed by atoms with van der Waals surface area (Å²) in [4.78, 5) is 13.5. The highest BCUT2D eigenvalue weighted by Gasteiger charge is 2.26. The van der Waals surface area contributed by atoms with Crippen LogP contribution >= 0.6 is 0 Å². The second kappa shape index (κ2) is 3.54. The van der Waals surface area contributed by atoms with Crippen LogP contribution in [-0.4, -0.2) is 36.5 Å². The molecule has 2 aliphatic rings. The van der Waals surface area contributed by atoms with Crippen LogP contribution in [0.15, 0.2) is 0 Å². The van der Waals surface area contributed by atoms with Gasteiger partial charge in [-0.1, -0.05) is 6.42 Å². The highest BCUT2D eigenvalue weighted by atomic mass is 16.1. The second-order valence-electron chi connectivity index (χ2n) is 3.77. The van der Waals surface area contributed by atoms with Gasteiger partial charge in [0.15, 0.2) is 0 Å². The number of carbonyl (C=O) groups is 1. The number of nitrogens with one attached hydrogen (secondary N) is 1. The van der Waals surface area contributed by atoms with Gasteiger partial charge >= 0.3 is 0 Å². The minimum Gasteiger partial charge on any atom is -0.298 e. The first-order valence-electron chi connectivity index (χ1n) is 4.83. The fourth-order valence-corrected chi connectivity index (χ4v) is 1.84. The van der Waals surface area contributed by atoms with Crippen molar-refractivity contribution in [3.8, 4) is 0 Å². The number of hydrogen-bond donors (Lipinski definition) is 1. The number of hydrogen-bond acceptors (Lipinski definition) is 3. The predicted molar refractivity (Wildman–Crippen MR) is 46.8 cm³/mol. The molecule has 12 heavy (non-hydrogen) atoms. The maximum absolute atomic E-state index is 11.1. The smallest absolute Gasteiger partial charge is 0.147 e. The molecule has 2 fully saturated rings. The molecule has 0 aromatic heterocycles. The Morgan fingerprint density at radius 2 is 2.25 bits per heavy atom. The zero-order valence-electron chi connectivity index (χ0n) is 7.38. The van der Waals surface area contributed by atoms with E-state index in [0.29, 0.717) is 12.3 Å². The van der Waals surface area contributed by atoms with E-state index in [-0.39, 0.29) is 0 Å². The van der Waals surface area contributed by atoms with E-state index in [4.69, 9.17) is 0 Å². The summed E-state index contributed by atoms with van der Waals surface area (Å²) in [6.45, 7) is 2.45. The molecule has 0 bridgehead atoms. The van der Waals surface area contributed by atoms with Crippen molar-refractivity contribution in [3.63, 3.8) is 0 Å². The molecule has 0 amide bonds. The van der Waals surface area contributed by atoms with Gasteiger partial charge in [-0.15, -0.1) is 0 Å². The minimum absolute atomic E-state index is 0.358. The van der Waals surface area contributed by atoms with Crippen LogP contribution in [0.5, 0.6) is 0 Å². The average Bonchev–Trinajstić information content (AvgIpc) is 2.12. The fourth-order valence-electron chi connectivity index (χ4n) is 1.84. The summed E-state index contributed by atoms with van der Waals surface area (Å²) in [5.41, 5.74) is 0. The highest BCUT2D eigenvalue weighted by molar-refractivity contribution is 5.80. The third-order valence-electron chi connectivity index (χ3n) is 2.91. The lowest BCUT2D eigenvalue weighted by molar-refractivity contribution is -0.117. The summed E-state index contributed by atoms with van der Waals surface area (Å²) >= 11 is 0. The van der Waals surface area contributed by atoms with Gasteiger partial charge in [-0.2, -0.15) is 0 Å². The van der Waals surface area contributed by atoms with E-state index in [1.165, 1.54) is 19.3 Å². The normalized spacial score (nSPS) is 28.2. The monoisotopic (exact) mass is 168 g/mol. The lowest BCUT2D eigenvalue weighted by Gasteiger charge is -2.36. The molecule has 1 aliphatic carbocycles. The molecular formula is C9H16N2O. The van der Waals surface area contributed by atoms with Gasteiger partial charge in [0.05, 0.1) is 6.54 Å². The minimum atomic E-state index is 0.358. The van der Waals surface area contributed by atoms with Gasteiger partial charge in [-0.05, 0) is 12.8 Å². The molecule has 1 aliphatic heterocycles. The van der Waals surface area contributed by atoms with Gasteiger partial charge in [0.1, 0.15) is 5.78 Å². The first kappa shape index (κ1) is 8.20. The Bertz CT molecular complexity index is 177. The lowest BCUT2D eigenvalue weighted by Crippen LogP contribution is -2.44. The van der Waals surface area contributed by atoms with Crippen LogP contribution < -0.4 is 5.32 Å². The number of carbonyl (C=O) groups excluding carboxylic acids is 1. The Morgan fingerprint density at radius 3 is 2.92 bits per heavy atom. The number of rotatable bonds is 1. The van der Waals surface area contributed by atoms with Crippen LogP contribution in [0, 0.1) is 0 Å². The zero-order valence-corrected chi connectivity index (χ0v) is 7.38. The Balaban J connectivity index is 1.85. The standard InChI is InChI=1S/C9H16N2O/c12-9-4-5-11(7-10-6-9)8-2-1-3-8/h8,10H,1-7H2. The second-order valence-corrected chi connectivity index (χ2v) is 3.77. The molecule has 3 nitrogen and oxygen atoms in total. The summed E-state index contributed by atoms with van der Waals surface area (Å²) < 4.78 is 0. The molecule has 0 radical (unpaired) electrons. The van der Waals surface area contributed by atoms with Crippen LogP contribution in [0.4, 0.5) is 0 Å². The quantitative estimate of drug-likeness (QED) is 0.613. The molecule has 1 saturated heterocycles. The SMILES string of the molecule is O=C1CCN(C2CCC2)CNC1. The van der Waals surface area contributed by atoms with Crippen molar-refractivity contribution in [1.82, 2.24) is 10.2 Å². The molecule has 3 heteroatoms. The molecule has 2 rings (SSSR count). The average molecular weight is 168 g/mol. The van der Waals surface area contributed by atoms with E-state index in [1.807, 2.05) is 0 Å². The first-order valence-corrected chi connectivity index (χ1v) is 4.83. The molecule has 0 unspecified atom stereocenters. The van der Waals surface area contributed by atoms with E-state index in [1.54, 1.807) is 0 Å². The van der Waals surface area contributed by atoms with Gasteiger partial charge in [0.25, 0.3) is 0 Å². The van der Waals surface area contributed by atoms with E-state index in [2.05, 4.69) is 10.2 Å². The molecular weight excluding hydrogens is 152 g/mol. The largest absolute Gasteiger partial charge is 0.298 e. The van der Waals surface area contributed by atoms with Crippen molar-refractivity contribution in [2.45, 2.75) is 31.7 Å². The van der Waals surface area contributed by atoms with Crippen molar-refractivity contribution in [2.24, 2.45) is 0 Å². The summed E-state index contributed by atoms with van der Waals surface area (Å²) in [5.74, 6) is 0.358. The first-order chi connectivity index (χ1) is 5.86. The van der Waals surface area contributed by atoms with Crippen LogP contribution in [0.2, 0.25) is 0 Å². The molecule has 1 saturated carbocycles. The van der Waals surface area contributed by atoms with Gasteiger partial charge in [-0.25, -0.2) is 0 Å². The van der Waals surface area contributed by atoms with Gasteiger partial charge in [0.2, 0.25) is 0 Å². The third-order valence-corrected chi connectivity index (χ3v) is 2.91. The maximum Gasteiger partial charge on any atom is 0.147 e. The summed E-state index contributed by atoms with van der Waals surface area (Å²) in [7, 11) is 0. The van der Waals surface area contributed by atoms with Gasteiger partial charge in [-0.3, -0.25) is 15.0 Å². The lowest BCUT2D eigenvalue weighted by atomic mass is 9.91. The summed E-state index contributed by atoms with van der Waals surface area (Å²) in [6.07, 6.45) is 4.77. The fraction of sp³-hybridized carbons (Fsp3) is 0.889. The molecule has 0 aromatic carbocycles. The van der Waals surface area contributed by atoms with Crippen LogP contribution in [0.3, 0.4) is 0 Å². The number of Topliss-reactive ketones (excluding diaryl/α,β-unsaturated/α-hetero) is 1. The molecule has 0 spiro atoms. The molecule has 0 aromatic rings. The topological polar surface area (TPSA) is 32.3 Å². The molecule has 0 atom stereocenters. The maximum atomic E-state index is 11.1. The number of ketones is 1. The molecule has 68 valence electrons. The predicted octanol–water partition coefficient (Wildman–Crippen LogP) is 0.361.